The molecule has 1 aliphatic heterocycles. The van der Waals surface area contributed by atoms with E-state index in [1.165, 1.54) is 6.42 Å². The fourth-order valence-corrected chi connectivity index (χ4v) is 3.73. The molecule has 0 aromatic carbocycles. The first-order valence-corrected chi connectivity index (χ1v) is 9.30. The van der Waals surface area contributed by atoms with Gasteiger partial charge in [0.2, 0.25) is 0 Å². The number of thiophene rings is 1. The number of pyridine rings is 1. The highest BCUT2D eigenvalue weighted by Crippen LogP contribution is 2.27. The monoisotopic (exact) mass is 353 g/mol. The van der Waals surface area contributed by atoms with E-state index in [4.69, 9.17) is 0 Å². The van der Waals surface area contributed by atoms with Crippen molar-refractivity contribution >= 4 is 28.7 Å². The lowest BCUT2D eigenvalue weighted by Crippen LogP contribution is -2.31. The second-order valence-corrected chi connectivity index (χ2v) is 6.97. The third-order valence-electron chi connectivity index (χ3n) is 4.29. The smallest absolute Gasteiger partial charge is 0.276 e. The molecule has 2 N–H and O–H groups in total. The first-order chi connectivity index (χ1) is 12.3. The highest BCUT2D eigenvalue weighted by atomic mass is 32.1. The SMILES string of the molecule is O=C(Nc1cccnc1N1CCCCC1)c1cc(-c2cccs2)[nH]n1. The van der Waals surface area contributed by atoms with Gasteiger partial charge in [-0.25, -0.2) is 4.98 Å². The molecule has 0 saturated carbocycles. The quantitative estimate of drug-likeness (QED) is 0.749. The number of piperidine rings is 1. The molecule has 3 aromatic rings. The minimum atomic E-state index is -0.231. The van der Waals surface area contributed by atoms with E-state index in [9.17, 15) is 4.79 Å². The van der Waals surface area contributed by atoms with E-state index < -0.39 is 0 Å². The van der Waals surface area contributed by atoms with Crippen molar-refractivity contribution < 1.29 is 4.79 Å². The molecule has 6 nitrogen and oxygen atoms in total. The van der Waals surface area contributed by atoms with Crippen molar-refractivity contribution in [3.05, 3.63) is 47.6 Å². The van der Waals surface area contributed by atoms with Crippen molar-refractivity contribution in [3.8, 4) is 10.6 Å². The van der Waals surface area contributed by atoms with Crippen LogP contribution in [0.5, 0.6) is 0 Å². The van der Waals surface area contributed by atoms with Gasteiger partial charge in [0.25, 0.3) is 5.91 Å². The molecule has 1 fully saturated rings. The molecule has 0 aliphatic carbocycles. The Labute approximate surface area is 149 Å². The number of hydrogen-bond donors (Lipinski definition) is 2. The molecule has 1 aliphatic rings. The van der Waals surface area contributed by atoms with Crippen molar-refractivity contribution in [2.75, 3.05) is 23.3 Å². The van der Waals surface area contributed by atoms with Crippen LogP contribution in [0.3, 0.4) is 0 Å². The van der Waals surface area contributed by atoms with E-state index in [0.29, 0.717) is 5.69 Å². The number of nitrogens with zero attached hydrogens (tertiary/aromatic N) is 3. The summed E-state index contributed by atoms with van der Waals surface area (Å²) < 4.78 is 0. The lowest BCUT2D eigenvalue weighted by molar-refractivity contribution is 0.102. The molecular weight excluding hydrogens is 334 g/mol. The van der Waals surface area contributed by atoms with Crippen molar-refractivity contribution in [1.82, 2.24) is 15.2 Å². The number of H-pyrrole nitrogens is 1. The Hall–Kier alpha value is -2.67. The molecule has 4 heterocycles. The van der Waals surface area contributed by atoms with Crippen molar-refractivity contribution in [3.63, 3.8) is 0 Å². The molecule has 1 amide bonds. The zero-order valence-corrected chi connectivity index (χ0v) is 14.6. The Bertz CT molecular complexity index is 852. The first-order valence-electron chi connectivity index (χ1n) is 8.42. The van der Waals surface area contributed by atoms with Gasteiger partial charge in [-0.05, 0) is 48.9 Å². The second-order valence-electron chi connectivity index (χ2n) is 6.02. The Balaban J connectivity index is 1.53. The van der Waals surface area contributed by atoms with Gasteiger partial charge < -0.3 is 10.2 Å². The van der Waals surface area contributed by atoms with Crippen LogP contribution >= 0.6 is 11.3 Å². The van der Waals surface area contributed by atoms with Crippen molar-refractivity contribution in [2.45, 2.75) is 19.3 Å². The van der Waals surface area contributed by atoms with Gasteiger partial charge in [0.1, 0.15) is 0 Å². The second kappa shape index (κ2) is 7.06. The predicted molar refractivity (Wildman–Crippen MR) is 100 cm³/mol. The number of carbonyl (C=O) groups is 1. The Morgan fingerprint density at radius 3 is 2.88 bits per heavy atom. The predicted octanol–water partition coefficient (Wildman–Crippen LogP) is 3.78. The van der Waals surface area contributed by atoms with Crippen LogP contribution in [-0.2, 0) is 0 Å². The summed E-state index contributed by atoms with van der Waals surface area (Å²) in [5, 5.41) is 12.0. The van der Waals surface area contributed by atoms with Crippen LogP contribution in [-0.4, -0.2) is 34.2 Å². The van der Waals surface area contributed by atoms with Crippen LogP contribution in [0.25, 0.3) is 10.6 Å². The standard InChI is InChI=1S/C18H19N5OS/c24-18(15-12-14(21-22-15)16-7-5-11-25-16)20-13-6-4-8-19-17(13)23-9-2-1-3-10-23/h4-8,11-12H,1-3,9-10H2,(H,20,24)(H,21,22). The summed E-state index contributed by atoms with van der Waals surface area (Å²) in [5.74, 6) is 0.606. The molecule has 128 valence electrons. The molecule has 0 bridgehead atoms. The van der Waals surface area contributed by atoms with Crippen LogP contribution in [0.4, 0.5) is 11.5 Å². The molecule has 0 unspecified atom stereocenters. The van der Waals surface area contributed by atoms with Crippen LogP contribution in [0.1, 0.15) is 29.8 Å². The summed E-state index contributed by atoms with van der Waals surface area (Å²) in [6.07, 6.45) is 5.34. The summed E-state index contributed by atoms with van der Waals surface area (Å²) in [6, 6.07) is 9.47. The van der Waals surface area contributed by atoms with Gasteiger partial charge in [0.05, 0.1) is 16.3 Å². The maximum absolute atomic E-state index is 12.6. The average molecular weight is 353 g/mol. The minimum Gasteiger partial charge on any atom is -0.355 e. The van der Waals surface area contributed by atoms with Crippen molar-refractivity contribution in [1.29, 1.82) is 0 Å². The van der Waals surface area contributed by atoms with Crippen LogP contribution < -0.4 is 10.2 Å². The van der Waals surface area contributed by atoms with E-state index in [-0.39, 0.29) is 5.91 Å². The van der Waals surface area contributed by atoms with E-state index in [2.05, 4.69) is 25.4 Å². The maximum Gasteiger partial charge on any atom is 0.276 e. The molecule has 1 saturated heterocycles. The summed E-state index contributed by atoms with van der Waals surface area (Å²) in [4.78, 5) is 20.4. The number of aromatic amines is 1. The van der Waals surface area contributed by atoms with Gasteiger partial charge in [-0.15, -0.1) is 11.3 Å². The van der Waals surface area contributed by atoms with Gasteiger partial charge in [-0.3, -0.25) is 9.89 Å². The highest BCUT2D eigenvalue weighted by molar-refractivity contribution is 7.13. The molecule has 3 aromatic heterocycles. The number of amides is 1. The number of anilines is 2. The minimum absolute atomic E-state index is 0.231. The van der Waals surface area contributed by atoms with Gasteiger partial charge in [-0.1, -0.05) is 6.07 Å². The van der Waals surface area contributed by atoms with Crippen LogP contribution in [0.15, 0.2) is 41.9 Å². The molecule has 25 heavy (non-hydrogen) atoms. The number of aromatic nitrogens is 3. The van der Waals surface area contributed by atoms with E-state index in [1.54, 1.807) is 23.6 Å². The Morgan fingerprint density at radius 2 is 2.08 bits per heavy atom. The van der Waals surface area contributed by atoms with E-state index in [0.717, 1.165) is 48.0 Å². The van der Waals surface area contributed by atoms with Gasteiger partial charge >= 0.3 is 0 Å². The maximum atomic E-state index is 12.6. The topological polar surface area (TPSA) is 73.9 Å². The third-order valence-corrected chi connectivity index (χ3v) is 5.19. The molecule has 7 heteroatoms. The summed E-state index contributed by atoms with van der Waals surface area (Å²) in [6.45, 7) is 1.95. The van der Waals surface area contributed by atoms with Gasteiger partial charge in [0.15, 0.2) is 11.5 Å². The van der Waals surface area contributed by atoms with Gasteiger partial charge in [0, 0.05) is 19.3 Å². The number of nitrogens with one attached hydrogen (secondary N) is 2. The highest BCUT2D eigenvalue weighted by Gasteiger charge is 2.18. The molecule has 0 spiro atoms. The summed E-state index contributed by atoms with van der Waals surface area (Å²) in [7, 11) is 0. The zero-order valence-electron chi connectivity index (χ0n) is 13.7. The summed E-state index contributed by atoms with van der Waals surface area (Å²) >= 11 is 1.61. The number of rotatable bonds is 4. The molecule has 0 radical (unpaired) electrons. The average Bonchev–Trinajstić information content (AvgIpc) is 3.34. The van der Waals surface area contributed by atoms with Crippen LogP contribution in [0.2, 0.25) is 0 Å². The normalized spacial score (nSPS) is 14.5. The van der Waals surface area contributed by atoms with Crippen molar-refractivity contribution in [2.24, 2.45) is 0 Å². The fourth-order valence-electron chi connectivity index (χ4n) is 3.03. The number of hydrogen-bond acceptors (Lipinski definition) is 5. The van der Waals surface area contributed by atoms with Crippen LogP contribution in [0, 0.1) is 0 Å². The molecule has 0 atom stereocenters. The molecular formula is C18H19N5OS. The van der Waals surface area contributed by atoms with Gasteiger partial charge in [-0.2, -0.15) is 5.10 Å². The Morgan fingerprint density at radius 1 is 1.20 bits per heavy atom. The zero-order chi connectivity index (χ0) is 17.1. The molecule has 4 rings (SSSR count). The lowest BCUT2D eigenvalue weighted by atomic mass is 10.1. The summed E-state index contributed by atoms with van der Waals surface area (Å²) in [5.41, 5.74) is 1.95. The lowest BCUT2D eigenvalue weighted by Gasteiger charge is -2.29. The Kier molecular flexibility index (Phi) is 4.47. The van der Waals surface area contributed by atoms with E-state index >= 15 is 0 Å². The van der Waals surface area contributed by atoms with E-state index in [1.807, 2.05) is 29.6 Å². The first kappa shape index (κ1) is 15.8. The largest absolute Gasteiger partial charge is 0.355 e. The third kappa shape index (κ3) is 3.41. The fraction of sp³-hybridized carbons (Fsp3) is 0.278. The number of carbonyl (C=O) groups excluding carboxylic acids is 1.